The summed E-state index contributed by atoms with van der Waals surface area (Å²) >= 11 is 0. The number of aliphatic hydroxyl groups excluding tert-OH is 4. The summed E-state index contributed by atoms with van der Waals surface area (Å²) in [7, 11) is 3.13. The lowest BCUT2D eigenvalue weighted by Crippen LogP contribution is -2.60. The van der Waals surface area contributed by atoms with Crippen LogP contribution in [0.3, 0.4) is 0 Å². The van der Waals surface area contributed by atoms with E-state index in [0.717, 1.165) is 0 Å². The number of aliphatic hydroxyl groups is 4. The molecule has 4 N–H and O–H groups in total. The Bertz CT molecular complexity index is 775. The van der Waals surface area contributed by atoms with Crippen molar-refractivity contribution in [3.8, 4) is 23.0 Å². The van der Waals surface area contributed by atoms with E-state index >= 15 is 0 Å². The van der Waals surface area contributed by atoms with Crippen LogP contribution < -0.4 is 18.9 Å². The van der Waals surface area contributed by atoms with Gasteiger partial charge in [0, 0.05) is 0 Å². The zero-order valence-corrected chi connectivity index (χ0v) is 18.4. The van der Waals surface area contributed by atoms with Gasteiger partial charge in [0.25, 0.3) is 0 Å². The molecule has 1 aliphatic rings. The summed E-state index contributed by atoms with van der Waals surface area (Å²) in [5.74, 6) is 2.48. The average Bonchev–Trinajstić information content (AvgIpc) is 2.86. The van der Waals surface area contributed by atoms with Crippen LogP contribution >= 0.6 is 0 Å². The van der Waals surface area contributed by atoms with Crippen LogP contribution in [0.5, 0.6) is 23.0 Å². The number of benzene rings is 2. The van der Waals surface area contributed by atoms with Crippen LogP contribution in [0.15, 0.2) is 48.5 Å². The molecule has 1 fully saturated rings. The van der Waals surface area contributed by atoms with E-state index in [4.69, 9.17) is 28.4 Å². The largest absolute Gasteiger partial charge is 0.497 e. The van der Waals surface area contributed by atoms with E-state index < -0.39 is 43.4 Å². The maximum Gasteiger partial charge on any atom is 0.187 e. The molecule has 5 atom stereocenters. The molecule has 2 aromatic rings. The molecule has 0 spiro atoms. The lowest BCUT2D eigenvalue weighted by atomic mass is 9.99. The van der Waals surface area contributed by atoms with Gasteiger partial charge in [0.2, 0.25) is 0 Å². The van der Waals surface area contributed by atoms with E-state index in [9.17, 15) is 20.4 Å². The van der Waals surface area contributed by atoms with E-state index in [1.54, 1.807) is 62.8 Å². The second-order valence-corrected chi connectivity index (χ2v) is 7.43. The summed E-state index contributed by atoms with van der Waals surface area (Å²) < 4.78 is 33.1. The van der Waals surface area contributed by atoms with Gasteiger partial charge in [0.1, 0.15) is 66.7 Å². The smallest absolute Gasteiger partial charge is 0.187 e. The Morgan fingerprint density at radius 1 is 0.727 bits per heavy atom. The predicted octanol–water partition coefficient (Wildman–Crippen LogP) is 0.347. The standard InChI is InChI=1S/C23H30O10/c1-28-14-3-7-16(8-4-14)30-12-18(13-31-17-9-5-15(29-2)6-10-17)32-23-22(27)21(26)20(25)19(11-24)33-23/h3-10,18-27H,11-13H2,1-2H3/t19-,20-,21+,22+,23+/m1/s1. The SMILES string of the molecule is COc1ccc(OCC(COc2ccc(OC)cc2)O[C@H]2O[C@H](CO)[C@@H](O)[C@H](O)[C@@H]2O)cc1. The van der Waals surface area contributed by atoms with E-state index in [1.165, 1.54) is 0 Å². The molecule has 0 aliphatic carbocycles. The van der Waals surface area contributed by atoms with Crippen molar-refractivity contribution in [2.75, 3.05) is 34.0 Å². The van der Waals surface area contributed by atoms with E-state index in [2.05, 4.69) is 0 Å². The second kappa shape index (κ2) is 12.0. The second-order valence-electron chi connectivity index (χ2n) is 7.43. The van der Waals surface area contributed by atoms with Crippen molar-refractivity contribution < 1.29 is 48.8 Å². The summed E-state index contributed by atoms with van der Waals surface area (Å²) in [4.78, 5) is 0. The fourth-order valence-electron chi connectivity index (χ4n) is 3.22. The zero-order chi connectivity index (χ0) is 23.8. The third-order valence-electron chi connectivity index (χ3n) is 5.17. The highest BCUT2D eigenvalue weighted by molar-refractivity contribution is 5.32. The normalized spacial score (nSPS) is 25.0. The van der Waals surface area contributed by atoms with Gasteiger partial charge in [-0.3, -0.25) is 0 Å². The lowest BCUT2D eigenvalue weighted by molar-refractivity contribution is -0.314. The van der Waals surface area contributed by atoms with Gasteiger partial charge in [0.05, 0.1) is 20.8 Å². The molecule has 1 saturated heterocycles. The van der Waals surface area contributed by atoms with Crippen molar-refractivity contribution in [3.05, 3.63) is 48.5 Å². The molecule has 0 radical (unpaired) electrons. The third kappa shape index (κ3) is 6.70. The third-order valence-corrected chi connectivity index (χ3v) is 5.17. The van der Waals surface area contributed by atoms with Gasteiger partial charge in [-0.25, -0.2) is 0 Å². The molecule has 0 bridgehead atoms. The minimum absolute atomic E-state index is 0.0253. The Morgan fingerprint density at radius 2 is 1.18 bits per heavy atom. The lowest BCUT2D eigenvalue weighted by Gasteiger charge is -2.40. The number of ether oxygens (including phenoxy) is 6. The topological polar surface area (TPSA) is 136 Å². The van der Waals surface area contributed by atoms with Crippen LogP contribution in [-0.2, 0) is 9.47 Å². The van der Waals surface area contributed by atoms with Crippen molar-refractivity contribution in [3.63, 3.8) is 0 Å². The number of methoxy groups -OCH3 is 2. The molecule has 10 heteroatoms. The van der Waals surface area contributed by atoms with Crippen LogP contribution in [0.4, 0.5) is 0 Å². The molecule has 3 rings (SSSR count). The summed E-state index contributed by atoms with van der Waals surface area (Å²) in [6, 6.07) is 13.9. The van der Waals surface area contributed by atoms with Gasteiger partial charge in [-0.15, -0.1) is 0 Å². The number of rotatable bonds is 11. The van der Waals surface area contributed by atoms with E-state index in [0.29, 0.717) is 23.0 Å². The first-order chi connectivity index (χ1) is 15.9. The first-order valence-electron chi connectivity index (χ1n) is 10.4. The van der Waals surface area contributed by atoms with Gasteiger partial charge >= 0.3 is 0 Å². The highest BCUT2D eigenvalue weighted by Gasteiger charge is 2.45. The van der Waals surface area contributed by atoms with Crippen molar-refractivity contribution in [1.29, 1.82) is 0 Å². The van der Waals surface area contributed by atoms with E-state index in [1.807, 2.05) is 0 Å². The molecule has 0 amide bonds. The van der Waals surface area contributed by atoms with Crippen molar-refractivity contribution in [1.82, 2.24) is 0 Å². The molecular formula is C23H30O10. The van der Waals surface area contributed by atoms with Crippen molar-refractivity contribution in [2.45, 2.75) is 36.8 Å². The van der Waals surface area contributed by atoms with Crippen LogP contribution in [0.25, 0.3) is 0 Å². The summed E-state index contributed by atoms with van der Waals surface area (Å²) in [6.45, 7) is -0.505. The predicted molar refractivity (Wildman–Crippen MR) is 116 cm³/mol. The molecule has 0 saturated carbocycles. The van der Waals surface area contributed by atoms with Crippen molar-refractivity contribution >= 4 is 0 Å². The fourth-order valence-corrected chi connectivity index (χ4v) is 3.22. The Morgan fingerprint density at radius 3 is 1.61 bits per heavy atom. The molecule has 2 aromatic carbocycles. The Labute approximate surface area is 191 Å². The summed E-state index contributed by atoms with van der Waals surface area (Å²) in [6.07, 6.45) is -7.70. The van der Waals surface area contributed by atoms with Gasteiger partial charge in [-0.1, -0.05) is 0 Å². The Hall–Kier alpha value is -2.60. The first-order valence-corrected chi connectivity index (χ1v) is 10.4. The Kier molecular flexibility index (Phi) is 9.12. The zero-order valence-electron chi connectivity index (χ0n) is 18.4. The molecule has 182 valence electrons. The number of hydrogen-bond donors (Lipinski definition) is 4. The maximum atomic E-state index is 10.3. The summed E-state index contributed by atoms with van der Waals surface area (Å²) in [5.41, 5.74) is 0. The minimum atomic E-state index is -1.55. The Balaban J connectivity index is 1.67. The number of hydrogen-bond acceptors (Lipinski definition) is 10. The van der Waals surface area contributed by atoms with Crippen molar-refractivity contribution in [2.24, 2.45) is 0 Å². The van der Waals surface area contributed by atoms with Crippen LogP contribution in [0, 0.1) is 0 Å². The molecule has 10 nitrogen and oxygen atoms in total. The van der Waals surface area contributed by atoms with Gasteiger partial charge in [0.15, 0.2) is 6.29 Å². The quantitative estimate of drug-likeness (QED) is 0.367. The van der Waals surface area contributed by atoms with Crippen LogP contribution in [0.1, 0.15) is 0 Å². The first kappa shape index (κ1) is 25.0. The van der Waals surface area contributed by atoms with Gasteiger partial charge < -0.3 is 48.8 Å². The van der Waals surface area contributed by atoms with Gasteiger partial charge in [-0.05, 0) is 48.5 Å². The van der Waals surface area contributed by atoms with Crippen LogP contribution in [-0.4, -0.2) is 91.3 Å². The monoisotopic (exact) mass is 466 g/mol. The maximum absolute atomic E-state index is 10.3. The molecule has 1 heterocycles. The van der Waals surface area contributed by atoms with E-state index in [-0.39, 0.29) is 13.2 Å². The average molecular weight is 466 g/mol. The molecule has 0 unspecified atom stereocenters. The highest BCUT2D eigenvalue weighted by Crippen LogP contribution is 2.24. The van der Waals surface area contributed by atoms with Crippen LogP contribution in [0.2, 0.25) is 0 Å². The molecular weight excluding hydrogens is 436 g/mol. The molecule has 33 heavy (non-hydrogen) atoms. The highest BCUT2D eigenvalue weighted by atomic mass is 16.7. The molecule has 0 aromatic heterocycles. The van der Waals surface area contributed by atoms with Gasteiger partial charge in [-0.2, -0.15) is 0 Å². The fraction of sp³-hybridized carbons (Fsp3) is 0.478. The minimum Gasteiger partial charge on any atom is -0.497 e. The summed E-state index contributed by atoms with van der Waals surface area (Å²) in [5, 5.41) is 39.7. The molecule has 1 aliphatic heterocycles.